The van der Waals surface area contributed by atoms with E-state index in [4.69, 9.17) is 16.0 Å². The number of furan rings is 1. The van der Waals surface area contributed by atoms with Gasteiger partial charge >= 0.3 is 0 Å². The molecular weight excluding hydrogens is 291 g/mol. The van der Waals surface area contributed by atoms with Gasteiger partial charge in [-0.1, -0.05) is 30.7 Å². The summed E-state index contributed by atoms with van der Waals surface area (Å²) in [7, 11) is 0. The molecule has 0 spiro atoms. The maximum absolute atomic E-state index is 13.0. The molecule has 0 bridgehead atoms. The van der Waals surface area contributed by atoms with Gasteiger partial charge in [-0.2, -0.15) is 0 Å². The van der Waals surface area contributed by atoms with Gasteiger partial charge in [-0.15, -0.1) is 0 Å². The Balaban J connectivity index is 2.06. The highest BCUT2D eigenvalue weighted by Crippen LogP contribution is 2.31. The van der Waals surface area contributed by atoms with Crippen LogP contribution >= 0.6 is 11.6 Å². The van der Waals surface area contributed by atoms with Gasteiger partial charge < -0.3 is 9.73 Å². The zero-order valence-corrected chi connectivity index (χ0v) is 12.2. The van der Waals surface area contributed by atoms with Crippen molar-refractivity contribution < 1.29 is 8.81 Å². The Morgan fingerprint density at radius 1 is 1.33 bits per heavy atom. The molecule has 1 unspecified atom stereocenters. The van der Waals surface area contributed by atoms with E-state index in [0.29, 0.717) is 22.1 Å². The molecule has 21 heavy (non-hydrogen) atoms. The predicted molar refractivity (Wildman–Crippen MR) is 80.9 cm³/mol. The number of nitrogens with one attached hydrogen (secondary N) is 1. The molecule has 0 radical (unpaired) electrons. The Morgan fingerprint density at radius 3 is 2.86 bits per heavy atom. The molecule has 0 aliphatic rings. The molecule has 1 N–H and O–H groups in total. The molecule has 3 aromatic rings. The van der Waals surface area contributed by atoms with Crippen LogP contribution in [-0.4, -0.2) is 11.5 Å². The lowest BCUT2D eigenvalue weighted by Crippen LogP contribution is -2.22. The molecule has 0 saturated carbocycles. The summed E-state index contributed by atoms with van der Waals surface area (Å²) in [6, 6.07) is 10.3. The fourth-order valence-corrected chi connectivity index (χ4v) is 2.52. The molecule has 1 atom stereocenters. The van der Waals surface area contributed by atoms with Crippen LogP contribution in [0.1, 0.15) is 24.4 Å². The van der Waals surface area contributed by atoms with Gasteiger partial charge in [-0.05, 0) is 30.8 Å². The Bertz CT molecular complexity index is 755. The van der Waals surface area contributed by atoms with Crippen LogP contribution in [0.5, 0.6) is 0 Å². The first kappa shape index (κ1) is 14.0. The van der Waals surface area contributed by atoms with Gasteiger partial charge in [-0.3, -0.25) is 4.98 Å². The maximum atomic E-state index is 13.0. The van der Waals surface area contributed by atoms with Crippen LogP contribution in [0, 0.1) is 5.82 Å². The Morgan fingerprint density at radius 2 is 2.19 bits per heavy atom. The molecule has 3 rings (SSSR count). The summed E-state index contributed by atoms with van der Waals surface area (Å²) in [5.41, 5.74) is 1.35. The van der Waals surface area contributed by atoms with Crippen LogP contribution in [-0.2, 0) is 0 Å². The normalized spacial score (nSPS) is 12.7. The summed E-state index contributed by atoms with van der Waals surface area (Å²) in [5.74, 6) is 0.348. The minimum Gasteiger partial charge on any atom is -0.457 e. The lowest BCUT2D eigenvalue weighted by Gasteiger charge is -2.14. The number of pyridine rings is 1. The lowest BCUT2D eigenvalue weighted by molar-refractivity contribution is 0.470. The molecule has 2 aromatic heterocycles. The van der Waals surface area contributed by atoms with E-state index < -0.39 is 0 Å². The smallest absolute Gasteiger partial charge is 0.152 e. The summed E-state index contributed by atoms with van der Waals surface area (Å²) < 4.78 is 18.9. The topological polar surface area (TPSA) is 38.1 Å². The van der Waals surface area contributed by atoms with Crippen LogP contribution < -0.4 is 5.32 Å². The third-order valence-corrected chi connectivity index (χ3v) is 3.55. The van der Waals surface area contributed by atoms with Crippen molar-refractivity contribution in [3.05, 3.63) is 64.9 Å². The van der Waals surface area contributed by atoms with Crippen LogP contribution in [0.25, 0.3) is 11.0 Å². The standard InChI is InChI=1S/C16H14ClFN2O/c1-2-19-15(13-7-6-11(18)9-20-13)14-8-10-4-3-5-12(17)16(10)21-14/h3-9,15,19H,2H2,1H3. The highest BCUT2D eigenvalue weighted by molar-refractivity contribution is 6.34. The summed E-state index contributed by atoms with van der Waals surface area (Å²) in [6.07, 6.45) is 1.20. The summed E-state index contributed by atoms with van der Waals surface area (Å²) in [6.45, 7) is 2.72. The molecule has 5 heteroatoms. The maximum Gasteiger partial charge on any atom is 0.152 e. The predicted octanol–water partition coefficient (Wildman–Crippen LogP) is 4.32. The third-order valence-electron chi connectivity index (χ3n) is 3.25. The molecule has 108 valence electrons. The lowest BCUT2D eigenvalue weighted by atomic mass is 10.1. The number of aromatic nitrogens is 1. The van der Waals surface area contributed by atoms with Crippen LogP contribution in [0.4, 0.5) is 4.39 Å². The minimum atomic E-state index is -0.360. The Hall–Kier alpha value is -1.91. The van der Waals surface area contributed by atoms with Crippen molar-refractivity contribution in [2.24, 2.45) is 0 Å². The van der Waals surface area contributed by atoms with Crippen molar-refractivity contribution in [2.75, 3.05) is 6.54 Å². The average molecular weight is 305 g/mol. The van der Waals surface area contributed by atoms with E-state index in [1.165, 1.54) is 12.3 Å². The molecule has 3 nitrogen and oxygen atoms in total. The van der Waals surface area contributed by atoms with Gasteiger partial charge in [0.2, 0.25) is 0 Å². The summed E-state index contributed by atoms with van der Waals surface area (Å²) in [5, 5.41) is 4.80. The van der Waals surface area contributed by atoms with Crippen molar-refractivity contribution in [1.29, 1.82) is 0 Å². The number of benzene rings is 1. The fourth-order valence-electron chi connectivity index (χ4n) is 2.30. The number of nitrogens with zero attached hydrogens (tertiary/aromatic N) is 1. The Kier molecular flexibility index (Phi) is 3.90. The zero-order valence-electron chi connectivity index (χ0n) is 11.4. The van der Waals surface area contributed by atoms with Gasteiger partial charge in [0.15, 0.2) is 5.58 Å². The van der Waals surface area contributed by atoms with Gasteiger partial charge in [0.05, 0.1) is 16.9 Å². The van der Waals surface area contributed by atoms with Crippen LogP contribution in [0.3, 0.4) is 0 Å². The Labute approximate surface area is 126 Å². The van der Waals surface area contributed by atoms with Crippen molar-refractivity contribution in [1.82, 2.24) is 10.3 Å². The van der Waals surface area contributed by atoms with Crippen molar-refractivity contribution >= 4 is 22.6 Å². The third kappa shape index (κ3) is 2.77. The number of rotatable bonds is 4. The van der Waals surface area contributed by atoms with E-state index in [9.17, 15) is 4.39 Å². The second-order valence-electron chi connectivity index (χ2n) is 4.70. The minimum absolute atomic E-state index is 0.237. The fraction of sp³-hybridized carbons (Fsp3) is 0.188. The molecule has 1 aromatic carbocycles. The van der Waals surface area contributed by atoms with Crippen molar-refractivity contribution in [3.63, 3.8) is 0 Å². The van der Waals surface area contributed by atoms with Gasteiger partial charge in [-0.25, -0.2) is 4.39 Å². The molecule has 2 heterocycles. The molecular formula is C16H14ClFN2O. The van der Waals surface area contributed by atoms with Gasteiger partial charge in [0.1, 0.15) is 17.6 Å². The second-order valence-corrected chi connectivity index (χ2v) is 5.11. The average Bonchev–Trinajstić information content (AvgIpc) is 2.91. The van der Waals surface area contributed by atoms with Gasteiger partial charge in [0.25, 0.3) is 0 Å². The summed E-state index contributed by atoms with van der Waals surface area (Å²) >= 11 is 6.14. The van der Waals surface area contributed by atoms with Gasteiger partial charge in [0, 0.05) is 5.39 Å². The number of fused-ring (bicyclic) bond motifs is 1. The zero-order chi connectivity index (χ0) is 14.8. The van der Waals surface area contributed by atoms with E-state index in [0.717, 1.165) is 11.9 Å². The first-order valence-corrected chi connectivity index (χ1v) is 7.09. The molecule has 0 amide bonds. The monoisotopic (exact) mass is 304 g/mol. The quantitative estimate of drug-likeness (QED) is 0.780. The number of para-hydroxylation sites is 1. The molecule has 0 fully saturated rings. The first-order chi connectivity index (χ1) is 10.2. The van der Waals surface area contributed by atoms with E-state index in [1.807, 2.05) is 25.1 Å². The van der Waals surface area contributed by atoms with Crippen LogP contribution in [0.2, 0.25) is 5.02 Å². The second kappa shape index (κ2) is 5.84. The number of halogens is 2. The summed E-state index contributed by atoms with van der Waals surface area (Å²) in [4.78, 5) is 4.14. The van der Waals surface area contributed by atoms with Crippen molar-refractivity contribution in [3.8, 4) is 0 Å². The van der Waals surface area contributed by atoms with Crippen LogP contribution in [0.15, 0.2) is 47.0 Å². The SMILES string of the molecule is CCNC(c1ccc(F)cn1)c1cc2cccc(Cl)c2o1. The van der Waals surface area contributed by atoms with Crippen molar-refractivity contribution in [2.45, 2.75) is 13.0 Å². The number of hydrogen-bond donors (Lipinski definition) is 1. The molecule has 0 saturated heterocycles. The van der Waals surface area contributed by atoms with E-state index in [-0.39, 0.29) is 11.9 Å². The number of hydrogen-bond acceptors (Lipinski definition) is 3. The molecule has 0 aliphatic carbocycles. The van der Waals surface area contributed by atoms with E-state index in [1.54, 1.807) is 12.1 Å². The molecule has 0 aliphatic heterocycles. The highest BCUT2D eigenvalue weighted by Gasteiger charge is 2.19. The largest absolute Gasteiger partial charge is 0.457 e. The highest BCUT2D eigenvalue weighted by atomic mass is 35.5. The van der Waals surface area contributed by atoms with E-state index >= 15 is 0 Å². The van der Waals surface area contributed by atoms with E-state index in [2.05, 4.69) is 10.3 Å². The first-order valence-electron chi connectivity index (χ1n) is 6.72.